The molecule has 4 rings (SSSR count). The van der Waals surface area contributed by atoms with E-state index in [4.69, 9.17) is 0 Å². The van der Waals surface area contributed by atoms with Crippen molar-refractivity contribution in [2.45, 2.75) is 44.9 Å². The number of hydrogen-bond acceptors (Lipinski definition) is 4. The van der Waals surface area contributed by atoms with Crippen molar-refractivity contribution in [2.24, 2.45) is 0 Å². The molecular weight excluding hydrogens is 364 g/mol. The second-order valence-corrected chi connectivity index (χ2v) is 8.73. The third-order valence-corrected chi connectivity index (χ3v) is 6.53. The van der Waals surface area contributed by atoms with E-state index in [2.05, 4.69) is 27.2 Å². The van der Waals surface area contributed by atoms with Crippen LogP contribution >= 0.6 is 0 Å². The summed E-state index contributed by atoms with van der Waals surface area (Å²) in [7, 11) is 0. The minimum atomic E-state index is 0.0528. The molecule has 1 aromatic carbocycles. The van der Waals surface area contributed by atoms with Crippen LogP contribution in [0.25, 0.3) is 0 Å². The van der Waals surface area contributed by atoms with Crippen LogP contribution in [0, 0.1) is 0 Å². The van der Waals surface area contributed by atoms with Crippen LogP contribution in [0.5, 0.6) is 0 Å². The van der Waals surface area contributed by atoms with E-state index in [9.17, 15) is 9.59 Å². The first-order valence-electron chi connectivity index (χ1n) is 11.3. The Morgan fingerprint density at radius 2 is 1.41 bits per heavy atom. The minimum Gasteiger partial charge on any atom is -0.342 e. The van der Waals surface area contributed by atoms with Crippen molar-refractivity contribution in [3.63, 3.8) is 0 Å². The van der Waals surface area contributed by atoms with Crippen molar-refractivity contribution in [3.05, 3.63) is 29.3 Å². The maximum atomic E-state index is 12.6. The van der Waals surface area contributed by atoms with Gasteiger partial charge in [-0.3, -0.25) is 19.4 Å². The Bertz CT molecular complexity index is 720. The van der Waals surface area contributed by atoms with E-state index in [1.807, 2.05) is 11.0 Å². The van der Waals surface area contributed by atoms with Crippen LogP contribution in [0.2, 0.25) is 0 Å². The molecule has 1 aromatic rings. The fraction of sp³-hybridized carbons (Fsp3) is 0.652. The van der Waals surface area contributed by atoms with Gasteiger partial charge >= 0.3 is 0 Å². The Labute approximate surface area is 174 Å². The van der Waals surface area contributed by atoms with Gasteiger partial charge in [-0.2, -0.15) is 0 Å². The lowest BCUT2D eigenvalue weighted by Gasteiger charge is -2.35. The molecule has 2 saturated heterocycles. The number of hydrogen-bond donors (Lipinski definition) is 1. The largest absolute Gasteiger partial charge is 0.342 e. The first kappa shape index (κ1) is 20.4. The second kappa shape index (κ2) is 9.72. The Morgan fingerprint density at radius 3 is 2.14 bits per heavy atom. The second-order valence-electron chi connectivity index (χ2n) is 8.73. The number of benzene rings is 1. The summed E-state index contributed by atoms with van der Waals surface area (Å²) in [5.41, 5.74) is 3.72. The molecule has 0 bridgehead atoms. The number of amides is 2. The highest BCUT2D eigenvalue weighted by atomic mass is 16.2. The van der Waals surface area contributed by atoms with E-state index in [1.165, 1.54) is 30.4 Å². The van der Waals surface area contributed by atoms with Crippen molar-refractivity contribution in [3.8, 4) is 0 Å². The average molecular weight is 399 g/mol. The summed E-state index contributed by atoms with van der Waals surface area (Å²) in [6.07, 6.45) is 8.27. The zero-order valence-electron chi connectivity index (χ0n) is 17.5. The molecule has 3 aliphatic rings. The van der Waals surface area contributed by atoms with Crippen LogP contribution in [0.15, 0.2) is 18.2 Å². The lowest BCUT2D eigenvalue weighted by molar-refractivity contribution is -0.133. The van der Waals surface area contributed by atoms with Gasteiger partial charge in [-0.1, -0.05) is 18.9 Å². The van der Waals surface area contributed by atoms with Gasteiger partial charge in [0.05, 0.1) is 13.1 Å². The minimum absolute atomic E-state index is 0.0528. The van der Waals surface area contributed by atoms with E-state index >= 15 is 0 Å². The maximum absolute atomic E-state index is 12.6. The Kier molecular flexibility index (Phi) is 6.82. The summed E-state index contributed by atoms with van der Waals surface area (Å²) in [4.78, 5) is 31.5. The standard InChI is InChI=1S/C23H34N4O2/c28-22(24-21-9-8-19-6-5-7-20(19)16-21)17-25-12-14-26(15-13-25)18-23(29)27-10-3-1-2-4-11-27/h8-9,16H,1-7,10-15,17-18H2,(H,24,28). The molecule has 0 saturated carbocycles. The zero-order chi connectivity index (χ0) is 20.1. The summed E-state index contributed by atoms with van der Waals surface area (Å²) in [5, 5.41) is 3.06. The quantitative estimate of drug-likeness (QED) is 0.826. The van der Waals surface area contributed by atoms with E-state index < -0.39 is 0 Å². The number of likely N-dealkylation sites (tertiary alicyclic amines) is 1. The Morgan fingerprint density at radius 1 is 0.759 bits per heavy atom. The molecule has 0 unspecified atom stereocenters. The van der Waals surface area contributed by atoms with Gasteiger partial charge in [0.15, 0.2) is 0 Å². The van der Waals surface area contributed by atoms with Crippen molar-refractivity contribution in [1.82, 2.24) is 14.7 Å². The fourth-order valence-electron chi connectivity index (χ4n) is 4.77. The Hall–Kier alpha value is -1.92. The zero-order valence-corrected chi connectivity index (χ0v) is 17.5. The third kappa shape index (κ3) is 5.58. The SMILES string of the molecule is O=C(CN1CCN(CC(=O)N2CCCCCC2)CC1)Nc1ccc2c(c1)CCC2. The van der Waals surface area contributed by atoms with Crippen LogP contribution < -0.4 is 5.32 Å². The molecule has 1 N–H and O–H groups in total. The molecule has 2 fully saturated rings. The number of nitrogens with zero attached hydrogens (tertiary/aromatic N) is 3. The van der Waals surface area contributed by atoms with Crippen molar-refractivity contribution >= 4 is 17.5 Å². The first-order valence-corrected chi connectivity index (χ1v) is 11.3. The number of aryl methyl sites for hydroxylation is 2. The highest BCUT2D eigenvalue weighted by Gasteiger charge is 2.23. The molecule has 2 amide bonds. The molecule has 6 heteroatoms. The van der Waals surface area contributed by atoms with Crippen molar-refractivity contribution in [2.75, 3.05) is 57.7 Å². The molecule has 0 atom stereocenters. The van der Waals surface area contributed by atoms with Crippen LogP contribution in [0.3, 0.4) is 0 Å². The highest BCUT2D eigenvalue weighted by Crippen LogP contribution is 2.24. The summed E-state index contributed by atoms with van der Waals surface area (Å²) in [6, 6.07) is 6.30. The van der Waals surface area contributed by atoms with Gasteiger partial charge in [0.2, 0.25) is 11.8 Å². The summed E-state index contributed by atoms with van der Waals surface area (Å²) in [5.74, 6) is 0.326. The topological polar surface area (TPSA) is 55.9 Å². The molecule has 1 aliphatic carbocycles. The number of piperazine rings is 1. The molecule has 6 nitrogen and oxygen atoms in total. The lowest BCUT2D eigenvalue weighted by atomic mass is 10.1. The number of nitrogens with one attached hydrogen (secondary N) is 1. The number of fused-ring (bicyclic) bond motifs is 1. The fourth-order valence-corrected chi connectivity index (χ4v) is 4.77. The van der Waals surface area contributed by atoms with Gasteiger partial charge in [-0.05, 0) is 55.4 Å². The number of anilines is 1. The summed E-state index contributed by atoms with van der Waals surface area (Å²) in [6.45, 7) is 6.16. The van der Waals surface area contributed by atoms with Gasteiger partial charge in [0.1, 0.15) is 0 Å². The Balaban J connectivity index is 1.18. The predicted molar refractivity (Wildman–Crippen MR) is 115 cm³/mol. The van der Waals surface area contributed by atoms with Crippen LogP contribution in [-0.2, 0) is 22.4 Å². The van der Waals surface area contributed by atoms with Gasteiger partial charge in [-0.15, -0.1) is 0 Å². The molecule has 158 valence electrons. The van der Waals surface area contributed by atoms with Gasteiger partial charge in [-0.25, -0.2) is 0 Å². The summed E-state index contributed by atoms with van der Waals surface area (Å²) >= 11 is 0. The number of carbonyl (C=O) groups excluding carboxylic acids is 2. The van der Waals surface area contributed by atoms with Gasteiger partial charge in [0.25, 0.3) is 0 Å². The van der Waals surface area contributed by atoms with Crippen molar-refractivity contribution < 1.29 is 9.59 Å². The third-order valence-electron chi connectivity index (χ3n) is 6.53. The lowest BCUT2D eigenvalue weighted by Crippen LogP contribution is -2.51. The van der Waals surface area contributed by atoms with E-state index in [-0.39, 0.29) is 11.8 Å². The molecule has 0 spiro atoms. The number of rotatable bonds is 5. The molecule has 0 radical (unpaired) electrons. The first-order chi connectivity index (χ1) is 14.2. The van der Waals surface area contributed by atoms with Gasteiger partial charge < -0.3 is 10.2 Å². The number of carbonyl (C=O) groups is 2. The van der Waals surface area contributed by atoms with Crippen LogP contribution in [-0.4, -0.2) is 78.9 Å². The normalized spacial score (nSPS) is 20.9. The van der Waals surface area contributed by atoms with Gasteiger partial charge in [0, 0.05) is 45.0 Å². The van der Waals surface area contributed by atoms with Crippen LogP contribution in [0.4, 0.5) is 5.69 Å². The average Bonchev–Trinajstić information content (AvgIpc) is 3.00. The molecule has 2 aliphatic heterocycles. The molecule has 0 aromatic heterocycles. The van der Waals surface area contributed by atoms with E-state index in [1.54, 1.807) is 0 Å². The van der Waals surface area contributed by atoms with E-state index in [0.717, 1.165) is 70.6 Å². The molecule has 2 heterocycles. The molecule has 29 heavy (non-hydrogen) atoms. The predicted octanol–water partition coefficient (Wildman–Crippen LogP) is 2.13. The monoisotopic (exact) mass is 398 g/mol. The summed E-state index contributed by atoms with van der Waals surface area (Å²) < 4.78 is 0. The maximum Gasteiger partial charge on any atom is 0.238 e. The van der Waals surface area contributed by atoms with E-state index in [0.29, 0.717) is 13.1 Å². The van der Waals surface area contributed by atoms with Crippen molar-refractivity contribution in [1.29, 1.82) is 0 Å². The van der Waals surface area contributed by atoms with Crippen LogP contribution in [0.1, 0.15) is 43.2 Å². The highest BCUT2D eigenvalue weighted by molar-refractivity contribution is 5.92. The molecular formula is C23H34N4O2. The smallest absolute Gasteiger partial charge is 0.238 e.